The molecule has 0 saturated carbocycles. The summed E-state index contributed by atoms with van der Waals surface area (Å²) in [5, 5.41) is 4.13. The van der Waals surface area contributed by atoms with E-state index < -0.39 is 0 Å². The van der Waals surface area contributed by atoms with Crippen LogP contribution in [0.4, 0.5) is 0 Å². The Balaban J connectivity index is 1.13. The molecule has 5 rings (SSSR count). The molecular weight excluding hydrogens is 386 g/mol. The third-order valence-corrected chi connectivity index (χ3v) is 6.16. The maximum atomic E-state index is 12.5. The smallest absolute Gasteiger partial charge is 0.230 e. The van der Waals surface area contributed by atoms with Gasteiger partial charge in [0.1, 0.15) is 11.9 Å². The largest absolute Gasteiger partial charge is 0.487 e. The topological polar surface area (TPSA) is 86.9 Å². The van der Waals surface area contributed by atoms with Crippen molar-refractivity contribution in [2.45, 2.75) is 37.7 Å². The minimum atomic E-state index is 0.0462. The summed E-state index contributed by atoms with van der Waals surface area (Å²) < 4.78 is 22.2. The molecule has 0 bridgehead atoms. The van der Waals surface area contributed by atoms with Crippen LogP contribution >= 0.6 is 0 Å². The van der Waals surface area contributed by atoms with Gasteiger partial charge in [-0.25, -0.2) is 0 Å². The Morgan fingerprint density at radius 2 is 1.63 bits per heavy atom. The van der Waals surface area contributed by atoms with Crippen LogP contribution in [0.2, 0.25) is 0 Å². The van der Waals surface area contributed by atoms with Crippen molar-refractivity contribution < 1.29 is 23.5 Å². The molecule has 0 spiro atoms. The second kappa shape index (κ2) is 8.73. The number of carbonyl (C=O) groups is 1. The Morgan fingerprint density at radius 3 is 2.33 bits per heavy atom. The lowest BCUT2D eigenvalue weighted by Crippen LogP contribution is -2.58. The summed E-state index contributed by atoms with van der Waals surface area (Å²) >= 11 is 0. The molecule has 4 heterocycles. The minimum absolute atomic E-state index is 0.0462. The number of nitrogens with zero attached hydrogens (tertiary/aromatic N) is 3. The molecule has 2 aromatic rings. The summed E-state index contributed by atoms with van der Waals surface area (Å²) in [5.41, 5.74) is 0.898. The fraction of sp³-hybridized carbons (Fsp3) is 0.591. The van der Waals surface area contributed by atoms with Crippen molar-refractivity contribution in [3.8, 4) is 17.1 Å². The highest BCUT2D eigenvalue weighted by atomic mass is 16.5. The number of ether oxygens (including phenoxy) is 3. The number of hydrogen-bond acceptors (Lipinski definition) is 7. The van der Waals surface area contributed by atoms with Gasteiger partial charge in [-0.2, -0.15) is 4.98 Å². The molecule has 1 aromatic carbocycles. The Morgan fingerprint density at radius 1 is 0.967 bits per heavy atom. The summed E-state index contributed by atoms with van der Waals surface area (Å²) in [6.07, 6.45) is 3.54. The van der Waals surface area contributed by atoms with E-state index in [1.54, 1.807) is 0 Å². The van der Waals surface area contributed by atoms with E-state index in [9.17, 15) is 4.79 Å². The zero-order chi connectivity index (χ0) is 20.3. The Labute approximate surface area is 175 Å². The van der Waals surface area contributed by atoms with Crippen molar-refractivity contribution in [2.24, 2.45) is 5.92 Å². The van der Waals surface area contributed by atoms with Crippen LogP contribution < -0.4 is 4.74 Å². The van der Waals surface area contributed by atoms with Crippen molar-refractivity contribution in [1.82, 2.24) is 15.0 Å². The van der Waals surface area contributed by atoms with E-state index >= 15 is 0 Å². The number of rotatable bonds is 5. The van der Waals surface area contributed by atoms with Crippen molar-refractivity contribution in [3.05, 3.63) is 30.2 Å². The van der Waals surface area contributed by atoms with Gasteiger partial charge in [0.15, 0.2) is 0 Å². The first-order valence-corrected chi connectivity index (χ1v) is 10.8. The summed E-state index contributed by atoms with van der Waals surface area (Å²) in [6.45, 7) is 4.16. The van der Waals surface area contributed by atoms with Gasteiger partial charge in [-0.3, -0.25) is 4.79 Å². The van der Waals surface area contributed by atoms with Crippen LogP contribution in [0.25, 0.3) is 11.4 Å². The molecule has 3 fully saturated rings. The van der Waals surface area contributed by atoms with E-state index in [-0.39, 0.29) is 23.8 Å². The average molecular weight is 413 g/mol. The summed E-state index contributed by atoms with van der Waals surface area (Å²) in [6, 6.07) is 7.72. The van der Waals surface area contributed by atoms with Crippen LogP contribution in [0.3, 0.4) is 0 Å². The zero-order valence-corrected chi connectivity index (χ0v) is 17.0. The van der Waals surface area contributed by atoms with Gasteiger partial charge in [0, 0.05) is 43.8 Å². The summed E-state index contributed by atoms with van der Waals surface area (Å²) in [7, 11) is 0. The first-order valence-electron chi connectivity index (χ1n) is 10.8. The van der Waals surface area contributed by atoms with Crippen LogP contribution in [0.15, 0.2) is 28.8 Å². The molecule has 30 heavy (non-hydrogen) atoms. The molecule has 0 aliphatic carbocycles. The molecule has 1 amide bonds. The number of hydrogen-bond donors (Lipinski definition) is 0. The fourth-order valence-electron chi connectivity index (χ4n) is 4.23. The Hall–Kier alpha value is -2.45. The highest BCUT2D eigenvalue weighted by Gasteiger charge is 2.36. The van der Waals surface area contributed by atoms with Gasteiger partial charge >= 0.3 is 0 Å². The first kappa shape index (κ1) is 19.5. The number of aromatic nitrogens is 2. The highest BCUT2D eigenvalue weighted by molar-refractivity contribution is 5.79. The first-order chi connectivity index (χ1) is 14.8. The number of amides is 1. The lowest BCUT2D eigenvalue weighted by Gasteiger charge is -2.41. The van der Waals surface area contributed by atoms with Gasteiger partial charge < -0.3 is 23.6 Å². The van der Waals surface area contributed by atoms with E-state index in [4.69, 9.17) is 18.7 Å². The predicted octanol–water partition coefficient (Wildman–Crippen LogP) is 2.65. The second-order valence-corrected chi connectivity index (χ2v) is 8.24. The van der Waals surface area contributed by atoms with Crippen molar-refractivity contribution in [3.63, 3.8) is 0 Å². The van der Waals surface area contributed by atoms with E-state index in [0.29, 0.717) is 38.0 Å². The third-order valence-electron chi connectivity index (χ3n) is 6.16. The van der Waals surface area contributed by atoms with Gasteiger partial charge in [-0.1, -0.05) is 5.16 Å². The quantitative estimate of drug-likeness (QED) is 0.745. The monoisotopic (exact) mass is 413 g/mol. The zero-order valence-electron chi connectivity index (χ0n) is 17.0. The van der Waals surface area contributed by atoms with Gasteiger partial charge in [0.25, 0.3) is 0 Å². The predicted molar refractivity (Wildman–Crippen MR) is 107 cm³/mol. The molecule has 0 atom stereocenters. The number of benzene rings is 1. The Kier molecular flexibility index (Phi) is 5.68. The average Bonchev–Trinajstić information content (AvgIpc) is 3.27. The van der Waals surface area contributed by atoms with Crippen LogP contribution in [-0.4, -0.2) is 66.6 Å². The van der Waals surface area contributed by atoms with Gasteiger partial charge in [0.05, 0.1) is 13.1 Å². The van der Waals surface area contributed by atoms with Crippen molar-refractivity contribution in [1.29, 1.82) is 0 Å². The van der Waals surface area contributed by atoms with Crippen molar-refractivity contribution >= 4 is 5.91 Å². The molecule has 0 radical (unpaired) electrons. The molecule has 3 aliphatic rings. The molecule has 8 nitrogen and oxygen atoms in total. The van der Waals surface area contributed by atoms with Crippen molar-refractivity contribution in [2.75, 3.05) is 39.5 Å². The standard InChI is InChI=1S/C22H27N3O5/c26-22(17-7-11-28-12-8-17)25-13-19(14-25)29-18-3-1-15(2-4-18)20-23-21(30-24-20)16-5-9-27-10-6-16/h1-4,16-17,19H,5-14H2. The molecule has 160 valence electrons. The summed E-state index contributed by atoms with van der Waals surface area (Å²) in [5.74, 6) is 2.71. The second-order valence-electron chi connectivity index (χ2n) is 8.24. The molecule has 8 heteroatoms. The number of carbonyl (C=O) groups excluding carboxylic acids is 1. The Bertz CT molecular complexity index is 850. The van der Waals surface area contributed by atoms with E-state index in [1.165, 1.54) is 0 Å². The molecule has 3 aliphatic heterocycles. The maximum Gasteiger partial charge on any atom is 0.230 e. The molecule has 1 aromatic heterocycles. The number of likely N-dealkylation sites (tertiary alicyclic amines) is 1. The van der Waals surface area contributed by atoms with E-state index in [0.717, 1.165) is 50.2 Å². The normalized spacial score (nSPS) is 21.4. The lowest BCUT2D eigenvalue weighted by atomic mass is 9.96. The van der Waals surface area contributed by atoms with Gasteiger partial charge in [0.2, 0.25) is 17.6 Å². The van der Waals surface area contributed by atoms with E-state index in [2.05, 4.69) is 10.1 Å². The van der Waals surface area contributed by atoms with Gasteiger partial charge in [-0.05, 0) is 49.9 Å². The van der Waals surface area contributed by atoms with Crippen LogP contribution in [-0.2, 0) is 14.3 Å². The van der Waals surface area contributed by atoms with Crippen LogP contribution in [0.1, 0.15) is 37.5 Å². The van der Waals surface area contributed by atoms with Gasteiger partial charge in [-0.15, -0.1) is 0 Å². The molecule has 0 unspecified atom stereocenters. The summed E-state index contributed by atoms with van der Waals surface area (Å²) in [4.78, 5) is 18.9. The van der Waals surface area contributed by atoms with Crippen LogP contribution in [0.5, 0.6) is 5.75 Å². The highest BCUT2D eigenvalue weighted by Crippen LogP contribution is 2.29. The fourth-order valence-corrected chi connectivity index (χ4v) is 4.23. The molecular formula is C22H27N3O5. The lowest BCUT2D eigenvalue weighted by molar-refractivity contribution is -0.147. The molecule has 3 saturated heterocycles. The van der Waals surface area contributed by atoms with Crippen LogP contribution in [0, 0.1) is 5.92 Å². The minimum Gasteiger partial charge on any atom is -0.487 e. The van der Waals surface area contributed by atoms with E-state index in [1.807, 2.05) is 29.2 Å². The third kappa shape index (κ3) is 4.20. The SMILES string of the molecule is O=C(C1CCOCC1)N1CC(Oc2ccc(-c3noc(C4CCOCC4)n3)cc2)C1. The molecule has 0 N–H and O–H groups in total. The maximum absolute atomic E-state index is 12.5.